The van der Waals surface area contributed by atoms with Crippen LogP contribution in [0.1, 0.15) is 35.6 Å². The number of hydrogen-bond acceptors (Lipinski definition) is 2. The number of hydrogen-bond donors (Lipinski definition) is 1. The van der Waals surface area contributed by atoms with E-state index in [9.17, 15) is 0 Å². The van der Waals surface area contributed by atoms with Gasteiger partial charge in [0.15, 0.2) is 0 Å². The minimum atomic E-state index is -0.137. The van der Waals surface area contributed by atoms with Crippen molar-refractivity contribution in [2.24, 2.45) is 5.73 Å². The predicted octanol–water partition coefficient (Wildman–Crippen LogP) is 4.24. The van der Waals surface area contributed by atoms with Crippen molar-refractivity contribution in [3.8, 4) is 5.75 Å². The molecule has 0 aromatic heterocycles. The van der Waals surface area contributed by atoms with Gasteiger partial charge in [-0.05, 0) is 60.7 Å². The lowest BCUT2D eigenvalue weighted by molar-refractivity contribution is 0.303. The van der Waals surface area contributed by atoms with Gasteiger partial charge in [0.2, 0.25) is 0 Å². The van der Waals surface area contributed by atoms with Gasteiger partial charge in [-0.3, -0.25) is 0 Å². The van der Waals surface area contributed by atoms with Crippen LogP contribution in [-0.2, 0) is 0 Å². The van der Waals surface area contributed by atoms with Crippen LogP contribution in [0.25, 0.3) is 0 Å². The smallest absolute Gasteiger partial charge is 0.119 e. The number of nitrogens with two attached hydrogens (primary N) is 1. The van der Waals surface area contributed by atoms with Gasteiger partial charge in [-0.15, -0.1) is 0 Å². The zero-order valence-electron chi connectivity index (χ0n) is 11.5. The highest BCUT2D eigenvalue weighted by molar-refractivity contribution is 6.30. The number of halogens is 1. The first kappa shape index (κ1) is 13.5. The SMILES string of the molecule is Cc1cc(Cl)ccc1C(N)c1ccc(OC2CC2)cc1. The Morgan fingerprint density at radius 3 is 2.45 bits per heavy atom. The Morgan fingerprint density at radius 2 is 1.85 bits per heavy atom. The summed E-state index contributed by atoms with van der Waals surface area (Å²) < 4.78 is 5.75. The van der Waals surface area contributed by atoms with Crippen molar-refractivity contribution in [1.82, 2.24) is 0 Å². The highest BCUT2D eigenvalue weighted by atomic mass is 35.5. The maximum atomic E-state index is 6.35. The lowest BCUT2D eigenvalue weighted by Gasteiger charge is -2.16. The van der Waals surface area contributed by atoms with Crippen molar-refractivity contribution in [1.29, 1.82) is 0 Å². The Labute approximate surface area is 124 Å². The van der Waals surface area contributed by atoms with E-state index in [1.54, 1.807) is 0 Å². The van der Waals surface area contributed by atoms with E-state index < -0.39 is 0 Å². The molecule has 20 heavy (non-hydrogen) atoms. The lowest BCUT2D eigenvalue weighted by Crippen LogP contribution is -2.13. The van der Waals surface area contributed by atoms with E-state index in [4.69, 9.17) is 22.1 Å². The summed E-state index contributed by atoms with van der Waals surface area (Å²) in [5.41, 5.74) is 9.65. The highest BCUT2D eigenvalue weighted by Gasteiger charge is 2.23. The van der Waals surface area contributed by atoms with Crippen molar-refractivity contribution < 1.29 is 4.74 Å². The molecule has 3 heteroatoms. The van der Waals surface area contributed by atoms with Crippen LogP contribution >= 0.6 is 11.6 Å². The van der Waals surface area contributed by atoms with E-state index in [0.717, 1.165) is 27.5 Å². The number of ether oxygens (including phenoxy) is 1. The third kappa shape index (κ3) is 2.97. The predicted molar refractivity (Wildman–Crippen MR) is 82.3 cm³/mol. The molecule has 2 N–H and O–H groups in total. The molecule has 0 radical (unpaired) electrons. The Morgan fingerprint density at radius 1 is 1.15 bits per heavy atom. The molecule has 3 rings (SSSR count). The monoisotopic (exact) mass is 287 g/mol. The third-order valence-electron chi connectivity index (χ3n) is 3.63. The highest BCUT2D eigenvalue weighted by Crippen LogP contribution is 2.29. The van der Waals surface area contributed by atoms with Crippen LogP contribution in [0.5, 0.6) is 5.75 Å². The lowest BCUT2D eigenvalue weighted by atomic mass is 9.96. The molecular weight excluding hydrogens is 270 g/mol. The van der Waals surface area contributed by atoms with Gasteiger partial charge < -0.3 is 10.5 Å². The van der Waals surface area contributed by atoms with Crippen molar-refractivity contribution in [2.75, 3.05) is 0 Å². The van der Waals surface area contributed by atoms with Gasteiger partial charge in [0.1, 0.15) is 5.75 Å². The number of aryl methyl sites for hydroxylation is 1. The van der Waals surface area contributed by atoms with E-state index in [2.05, 4.69) is 0 Å². The van der Waals surface area contributed by atoms with Crippen LogP contribution in [0.2, 0.25) is 5.02 Å². The van der Waals surface area contributed by atoms with Crippen molar-refractivity contribution in [2.45, 2.75) is 31.9 Å². The van der Waals surface area contributed by atoms with Crippen molar-refractivity contribution in [3.63, 3.8) is 0 Å². The molecule has 2 nitrogen and oxygen atoms in total. The maximum Gasteiger partial charge on any atom is 0.119 e. The van der Waals surface area contributed by atoms with E-state index >= 15 is 0 Å². The molecule has 0 aliphatic heterocycles. The van der Waals surface area contributed by atoms with Crippen molar-refractivity contribution in [3.05, 3.63) is 64.2 Å². The van der Waals surface area contributed by atoms with Gasteiger partial charge in [-0.2, -0.15) is 0 Å². The number of rotatable bonds is 4. The molecule has 1 aliphatic carbocycles. The second kappa shape index (κ2) is 5.47. The van der Waals surface area contributed by atoms with E-state index in [0.29, 0.717) is 6.10 Å². The zero-order valence-corrected chi connectivity index (χ0v) is 12.2. The van der Waals surface area contributed by atoms with Crippen LogP contribution in [0.15, 0.2) is 42.5 Å². The second-order valence-electron chi connectivity index (χ2n) is 5.36. The molecule has 1 fully saturated rings. The largest absolute Gasteiger partial charge is 0.490 e. The maximum absolute atomic E-state index is 6.35. The molecule has 0 bridgehead atoms. The molecule has 104 valence electrons. The van der Waals surface area contributed by atoms with E-state index in [1.807, 2.05) is 49.4 Å². The molecule has 0 spiro atoms. The average molecular weight is 288 g/mol. The summed E-state index contributed by atoms with van der Waals surface area (Å²) in [5, 5.41) is 0.742. The molecular formula is C17H18ClNO. The first-order valence-corrected chi connectivity index (χ1v) is 7.29. The van der Waals surface area contributed by atoms with Gasteiger partial charge in [-0.25, -0.2) is 0 Å². The van der Waals surface area contributed by atoms with Gasteiger partial charge in [0, 0.05) is 5.02 Å². The summed E-state index contributed by atoms with van der Waals surface area (Å²) in [6, 6.07) is 13.8. The summed E-state index contributed by atoms with van der Waals surface area (Å²) in [4.78, 5) is 0. The normalized spacial score (nSPS) is 15.9. The van der Waals surface area contributed by atoms with E-state index in [1.165, 1.54) is 12.8 Å². The summed E-state index contributed by atoms with van der Waals surface area (Å²) in [7, 11) is 0. The minimum Gasteiger partial charge on any atom is -0.490 e. The Hall–Kier alpha value is -1.51. The van der Waals surface area contributed by atoms with Crippen LogP contribution in [0.3, 0.4) is 0 Å². The number of benzene rings is 2. The van der Waals surface area contributed by atoms with Crippen LogP contribution < -0.4 is 10.5 Å². The molecule has 2 aromatic carbocycles. The topological polar surface area (TPSA) is 35.2 Å². The summed E-state index contributed by atoms with van der Waals surface area (Å²) in [6.07, 6.45) is 2.77. The fourth-order valence-electron chi connectivity index (χ4n) is 2.30. The first-order chi connectivity index (χ1) is 9.63. The van der Waals surface area contributed by atoms with Gasteiger partial charge in [-0.1, -0.05) is 29.8 Å². The Kier molecular flexibility index (Phi) is 3.68. The molecule has 0 saturated heterocycles. The Balaban J connectivity index is 1.80. The minimum absolute atomic E-state index is 0.137. The van der Waals surface area contributed by atoms with Gasteiger partial charge in [0.25, 0.3) is 0 Å². The van der Waals surface area contributed by atoms with Gasteiger partial charge in [0.05, 0.1) is 12.1 Å². The van der Waals surface area contributed by atoms with Crippen LogP contribution in [0, 0.1) is 6.92 Å². The third-order valence-corrected chi connectivity index (χ3v) is 3.87. The first-order valence-electron chi connectivity index (χ1n) is 6.92. The second-order valence-corrected chi connectivity index (χ2v) is 5.80. The summed E-state index contributed by atoms with van der Waals surface area (Å²) >= 11 is 5.99. The van der Waals surface area contributed by atoms with Crippen LogP contribution in [-0.4, -0.2) is 6.10 Å². The molecule has 2 aromatic rings. The fourth-order valence-corrected chi connectivity index (χ4v) is 2.53. The Bertz CT molecular complexity index is 605. The summed E-state index contributed by atoms with van der Waals surface area (Å²) in [6.45, 7) is 2.03. The van der Waals surface area contributed by atoms with E-state index in [-0.39, 0.29) is 6.04 Å². The van der Waals surface area contributed by atoms with Crippen molar-refractivity contribution >= 4 is 11.6 Å². The van der Waals surface area contributed by atoms with Crippen LogP contribution in [0.4, 0.5) is 0 Å². The zero-order chi connectivity index (χ0) is 14.1. The molecule has 1 aliphatic rings. The molecule has 1 unspecified atom stereocenters. The average Bonchev–Trinajstić information content (AvgIpc) is 3.23. The summed E-state index contributed by atoms with van der Waals surface area (Å²) in [5.74, 6) is 0.927. The quantitative estimate of drug-likeness (QED) is 0.913. The van der Waals surface area contributed by atoms with Gasteiger partial charge >= 0.3 is 0 Å². The molecule has 1 atom stereocenters. The molecule has 0 heterocycles. The standard InChI is InChI=1S/C17H18ClNO/c1-11-10-13(18)4-9-16(11)17(19)12-2-5-14(6-3-12)20-15-7-8-15/h2-6,9-10,15,17H,7-8,19H2,1H3. The molecule has 1 saturated carbocycles. The fraction of sp³-hybridized carbons (Fsp3) is 0.294. The molecule has 0 amide bonds.